The molecule has 0 fully saturated rings. The van der Waals surface area contributed by atoms with Crippen LogP contribution in [-0.2, 0) is 4.74 Å². The zero-order valence-electron chi connectivity index (χ0n) is 14.2. The molecule has 0 unspecified atom stereocenters. The van der Waals surface area contributed by atoms with E-state index in [1.165, 1.54) is 19.6 Å². The molecule has 0 bridgehead atoms. The van der Waals surface area contributed by atoms with Crippen LogP contribution >= 0.6 is 23.2 Å². The fourth-order valence-corrected chi connectivity index (χ4v) is 3.13. The molecule has 3 aromatic rings. The second kappa shape index (κ2) is 7.31. The minimum atomic E-state index is -0.592. The highest BCUT2D eigenvalue weighted by Gasteiger charge is 2.18. The second-order valence-corrected chi connectivity index (χ2v) is 6.48. The van der Waals surface area contributed by atoms with Gasteiger partial charge in [-0.25, -0.2) is 19.7 Å². The first-order valence-corrected chi connectivity index (χ1v) is 8.28. The number of hydrogen-bond donors (Lipinski definition) is 1. The lowest BCUT2D eigenvalue weighted by Gasteiger charge is -2.19. The molecule has 1 N–H and O–H groups in total. The molecule has 0 saturated heterocycles. The summed E-state index contributed by atoms with van der Waals surface area (Å²) in [5, 5.41) is 3.64. The predicted molar refractivity (Wildman–Crippen MR) is 103 cm³/mol. The summed E-state index contributed by atoms with van der Waals surface area (Å²) in [5.74, 6) is 0. The van der Waals surface area contributed by atoms with Gasteiger partial charge in [-0.3, -0.25) is 5.32 Å². The lowest BCUT2D eigenvalue weighted by molar-refractivity contribution is 0.187. The van der Waals surface area contributed by atoms with Crippen molar-refractivity contribution < 1.29 is 9.53 Å². The van der Waals surface area contributed by atoms with Crippen LogP contribution in [0.5, 0.6) is 0 Å². The fourth-order valence-electron chi connectivity index (χ4n) is 2.60. The molecule has 7 nitrogen and oxygen atoms in total. The average Bonchev–Trinajstić information content (AvgIpc) is 2.59. The molecular weight excluding hydrogens is 377 g/mol. The Morgan fingerprint density at radius 2 is 1.77 bits per heavy atom. The van der Waals surface area contributed by atoms with Crippen molar-refractivity contribution in [3.8, 4) is 11.3 Å². The van der Waals surface area contributed by atoms with Gasteiger partial charge in [0.15, 0.2) is 0 Å². The molecule has 0 aliphatic rings. The Morgan fingerprint density at radius 1 is 1.08 bits per heavy atom. The summed E-state index contributed by atoms with van der Waals surface area (Å²) in [6.07, 6.45) is 2.38. The molecule has 0 spiro atoms. The van der Waals surface area contributed by atoms with Crippen molar-refractivity contribution in [2.75, 3.05) is 31.4 Å². The Labute approximate surface area is 159 Å². The normalized spacial score (nSPS) is 10.7. The number of ether oxygens (including phenoxy) is 1. The zero-order valence-corrected chi connectivity index (χ0v) is 15.8. The van der Waals surface area contributed by atoms with Crippen LogP contribution in [-0.4, -0.2) is 42.3 Å². The van der Waals surface area contributed by atoms with E-state index in [1.54, 1.807) is 18.2 Å². The molecular formula is C17H15Cl2N5O2. The molecule has 1 amide bonds. The van der Waals surface area contributed by atoms with Gasteiger partial charge in [0.25, 0.3) is 0 Å². The highest BCUT2D eigenvalue weighted by atomic mass is 35.5. The first-order valence-electron chi connectivity index (χ1n) is 7.53. The van der Waals surface area contributed by atoms with Crippen molar-refractivity contribution in [2.24, 2.45) is 0 Å². The number of fused-ring (bicyclic) bond motifs is 1. The molecule has 0 radical (unpaired) electrons. The van der Waals surface area contributed by atoms with Gasteiger partial charge < -0.3 is 9.64 Å². The molecule has 0 aliphatic carbocycles. The van der Waals surface area contributed by atoms with Crippen molar-refractivity contribution in [1.82, 2.24) is 15.0 Å². The number of anilines is 2. The van der Waals surface area contributed by atoms with Gasteiger partial charge >= 0.3 is 6.09 Å². The fraction of sp³-hybridized carbons (Fsp3) is 0.176. The Morgan fingerprint density at radius 3 is 2.38 bits per heavy atom. The largest absolute Gasteiger partial charge is 0.453 e. The van der Waals surface area contributed by atoms with Crippen LogP contribution in [0, 0.1) is 0 Å². The quantitative estimate of drug-likeness (QED) is 0.718. The number of benzene rings is 1. The molecule has 2 heterocycles. The number of carbonyl (C=O) groups is 1. The van der Waals surface area contributed by atoms with Crippen LogP contribution < -0.4 is 10.2 Å². The van der Waals surface area contributed by atoms with E-state index in [0.29, 0.717) is 38.1 Å². The smallest absolute Gasteiger partial charge is 0.411 e. The summed E-state index contributed by atoms with van der Waals surface area (Å²) in [6, 6.07) is 5.16. The number of nitrogens with one attached hydrogen (secondary N) is 1. The molecule has 9 heteroatoms. The summed E-state index contributed by atoms with van der Waals surface area (Å²) < 4.78 is 4.66. The molecule has 3 rings (SSSR count). The van der Waals surface area contributed by atoms with E-state index in [4.69, 9.17) is 23.2 Å². The minimum absolute atomic E-state index is 0.475. The third kappa shape index (κ3) is 3.49. The van der Waals surface area contributed by atoms with Crippen molar-refractivity contribution in [3.63, 3.8) is 0 Å². The second-order valence-electron chi connectivity index (χ2n) is 5.61. The SMILES string of the molecule is COC(=O)Nc1cnc2c(-c3cc(Cl)cc(Cl)c3)ncnc2c1N(C)C. The molecule has 2 aromatic heterocycles. The molecule has 0 saturated carbocycles. The van der Waals surface area contributed by atoms with Gasteiger partial charge in [0.2, 0.25) is 0 Å². The number of hydrogen-bond acceptors (Lipinski definition) is 6. The summed E-state index contributed by atoms with van der Waals surface area (Å²) in [5.41, 5.74) is 3.60. The van der Waals surface area contributed by atoms with Crippen LogP contribution in [0.4, 0.5) is 16.2 Å². The molecule has 134 valence electrons. The Balaban J connectivity index is 2.25. The molecule has 1 aromatic carbocycles. The van der Waals surface area contributed by atoms with E-state index in [2.05, 4.69) is 25.0 Å². The van der Waals surface area contributed by atoms with E-state index in [0.717, 1.165) is 5.56 Å². The van der Waals surface area contributed by atoms with Gasteiger partial charge in [-0.05, 0) is 18.2 Å². The van der Waals surface area contributed by atoms with E-state index in [9.17, 15) is 4.79 Å². The predicted octanol–water partition coefficient (Wildman–Crippen LogP) is 4.24. The monoisotopic (exact) mass is 391 g/mol. The highest BCUT2D eigenvalue weighted by molar-refractivity contribution is 6.35. The van der Waals surface area contributed by atoms with Gasteiger partial charge in [0, 0.05) is 29.7 Å². The zero-order chi connectivity index (χ0) is 18.8. The highest BCUT2D eigenvalue weighted by Crippen LogP contribution is 2.35. The number of nitrogens with zero attached hydrogens (tertiary/aromatic N) is 4. The van der Waals surface area contributed by atoms with Crippen LogP contribution in [0.1, 0.15) is 0 Å². The van der Waals surface area contributed by atoms with Crippen molar-refractivity contribution in [2.45, 2.75) is 0 Å². The maximum atomic E-state index is 11.6. The maximum absolute atomic E-state index is 11.6. The maximum Gasteiger partial charge on any atom is 0.411 e. The van der Waals surface area contributed by atoms with Gasteiger partial charge in [-0.1, -0.05) is 23.2 Å². The lowest BCUT2D eigenvalue weighted by atomic mass is 10.1. The van der Waals surface area contributed by atoms with Crippen molar-refractivity contribution in [1.29, 1.82) is 0 Å². The topological polar surface area (TPSA) is 80.2 Å². The summed E-state index contributed by atoms with van der Waals surface area (Å²) in [7, 11) is 4.98. The molecule has 0 aliphatic heterocycles. The Hall–Kier alpha value is -2.64. The number of carbonyl (C=O) groups excluding carboxylic acids is 1. The van der Waals surface area contributed by atoms with Crippen LogP contribution in [0.2, 0.25) is 10.0 Å². The van der Waals surface area contributed by atoms with Gasteiger partial charge in [0.05, 0.1) is 24.7 Å². The van der Waals surface area contributed by atoms with Gasteiger partial charge in [-0.2, -0.15) is 0 Å². The summed E-state index contributed by atoms with van der Waals surface area (Å²) in [4.78, 5) is 26.6. The number of rotatable bonds is 3. The number of halogens is 2. The number of amides is 1. The number of methoxy groups -OCH3 is 1. The van der Waals surface area contributed by atoms with E-state index in [-0.39, 0.29) is 0 Å². The Bertz CT molecular complexity index is 974. The Kier molecular flexibility index (Phi) is 5.11. The number of aromatic nitrogens is 3. The summed E-state index contributed by atoms with van der Waals surface area (Å²) >= 11 is 12.2. The standard InChI is InChI=1S/C17H15Cl2N5O2/c1-24(2)16-12(23-17(25)26-3)7-20-14-13(21-8-22-15(14)16)9-4-10(18)6-11(19)5-9/h4-8H,1-3H3,(H,23,25). The van der Waals surface area contributed by atoms with Crippen LogP contribution in [0.25, 0.3) is 22.3 Å². The first kappa shape index (κ1) is 18.2. The van der Waals surface area contributed by atoms with Crippen LogP contribution in [0.3, 0.4) is 0 Å². The molecule has 26 heavy (non-hydrogen) atoms. The van der Waals surface area contributed by atoms with Crippen molar-refractivity contribution >= 4 is 51.7 Å². The van der Waals surface area contributed by atoms with E-state index in [1.807, 2.05) is 19.0 Å². The first-order chi connectivity index (χ1) is 12.4. The van der Waals surface area contributed by atoms with E-state index < -0.39 is 6.09 Å². The average molecular weight is 392 g/mol. The van der Waals surface area contributed by atoms with E-state index >= 15 is 0 Å². The van der Waals surface area contributed by atoms with Gasteiger partial charge in [-0.15, -0.1) is 0 Å². The third-order valence-corrected chi connectivity index (χ3v) is 4.07. The van der Waals surface area contributed by atoms with Crippen molar-refractivity contribution in [3.05, 3.63) is 40.8 Å². The summed E-state index contributed by atoms with van der Waals surface area (Å²) in [6.45, 7) is 0. The van der Waals surface area contributed by atoms with Crippen LogP contribution in [0.15, 0.2) is 30.7 Å². The lowest BCUT2D eigenvalue weighted by Crippen LogP contribution is -2.17. The minimum Gasteiger partial charge on any atom is -0.453 e. The number of pyridine rings is 1. The molecule has 0 atom stereocenters. The van der Waals surface area contributed by atoms with Gasteiger partial charge in [0.1, 0.15) is 23.1 Å². The third-order valence-electron chi connectivity index (χ3n) is 3.63.